The van der Waals surface area contributed by atoms with Gasteiger partial charge in [0, 0.05) is 19.2 Å². The van der Waals surface area contributed by atoms with E-state index in [0.717, 1.165) is 5.69 Å². The predicted molar refractivity (Wildman–Crippen MR) is 78.2 cm³/mol. The van der Waals surface area contributed by atoms with Crippen molar-refractivity contribution in [3.05, 3.63) is 23.8 Å². The van der Waals surface area contributed by atoms with E-state index in [1.807, 2.05) is 20.8 Å². The van der Waals surface area contributed by atoms with Crippen molar-refractivity contribution in [1.29, 1.82) is 0 Å². The molecule has 1 aliphatic heterocycles. The minimum absolute atomic E-state index is 0.0224. The van der Waals surface area contributed by atoms with Crippen LogP contribution in [0, 0.1) is 12.8 Å². The van der Waals surface area contributed by atoms with Gasteiger partial charge in [-0.25, -0.2) is 9.97 Å². The first-order chi connectivity index (χ1) is 9.95. The van der Waals surface area contributed by atoms with Crippen LogP contribution >= 0.6 is 0 Å². The number of hydrogen-bond donors (Lipinski definition) is 1. The summed E-state index contributed by atoms with van der Waals surface area (Å²) in [6.07, 6.45) is 2.68. The maximum Gasteiger partial charge on any atom is 0.245 e. The van der Waals surface area contributed by atoms with Crippen molar-refractivity contribution in [3.8, 4) is 0 Å². The third-order valence-corrected chi connectivity index (χ3v) is 3.45. The van der Waals surface area contributed by atoms with Crippen molar-refractivity contribution in [2.45, 2.75) is 46.2 Å². The second-order valence-electron chi connectivity index (χ2n) is 5.85. The highest BCUT2D eigenvalue weighted by Gasteiger charge is 2.30. The zero-order chi connectivity index (χ0) is 15.4. The average Bonchev–Trinajstić information content (AvgIpc) is 2.52. The largest absolute Gasteiger partial charge is 0.344 e. The van der Waals surface area contributed by atoms with Gasteiger partial charge in [-0.05, 0) is 25.3 Å². The summed E-state index contributed by atoms with van der Waals surface area (Å²) in [6, 6.07) is 1.38. The van der Waals surface area contributed by atoms with Gasteiger partial charge in [0.25, 0.3) is 0 Å². The summed E-state index contributed by atoms with van der Waals surface area (Å²) in [5, 5.41) is 2.82. The topological polar surface area (TPSA) is 75.2 Å². The smallest absolute Gasteiger partial charge is 0.245 e. The van der Waals surface area contributed by atoms with Crippen LogP contribution in [0.5, 0.6) is 0 Å². The van der Waals surface area contributed by atoms with Crippen LogP contribution in [0.3, 0.4) is 0 Å². The van der Waals surface area contributed by atoms with E-state index in [0.29, 0.717) is 37.7 Å². The minimum atomic E-state index is -0.428. The molecular weight excluding hydrogens is 268 g/mol. The van der Waals surface area contributed by atoms with Crippen LogP contribution in [0.15, 0.2) is 12.3 Å². The molecule has 0 spiro atoms. The molecule has 2 amide bonds. The Hall–Kier alpha value is -1.98. The molecule has 0 aliphatic carbocycles. The Morgan fingerprint density at radius 2 is 2.19 bits per heavy atom. The van der Waals surface area contributed by atoms with Crippen molar-refractivity contribution in [1.82, 2.24) is 20.2 Å². The molecule has 0 saturated carbocycles. The van der Waals surface area contributed by atoms with Crippen molar-refractivity contribution >= 4 is 11.8 Å². The van der Waals surface area contributed by atoms with E-state index in [1.54, 1.807) is 17.2 Å². The van der Waals surface area contributed by atoms with Crippen molar-refractivity contribution < 1.29 is 9.59 Å². The van der Waals surface area contributed by atoms with Crippen LogP contribution < -0.4 is 5.32 Å². The van der Waals surface area contributed by atoms with E-state index >= 15 is 0 Å². The zero-order valence-electron chi connectivity index (χ0n) is 12.8. The summed E-state index contributed by atoms with van der Waals surface area (Å²) in [5.74, 6) is 0.949. The summed E-state index contributed by atoms with van der Waals surface area (Å²) in [6.45, 7) is 6.76. The lowest BCUT2D eigenvalue weighted by Gasteiger charge is -2.24. The number of carbonyl (C=O) groups excluding carboxylic acids is 2. The van der Waals surface area contributed by atoms with Gasteiger partial charge >= 0.3 is 0 Å². The molecule has 1 fully saturated rings. The van der Waals surface area contributed by atoms with E-state index in [-0.39, 0.29) is 11.8 Å². The summed E-state index contributed by atoms with van der Waals surface area (Å²) in [5.41, 5.74) is 0.800. The summed E-state index contributed by atoms with van der Waals surface area (Å²) in [4.78, 5) is 34.4. The normalized spacial score (nSPS) is 19.6. The highest BCUT2D eigenvalue weighted by molar-refractivity contribution is 5.89. The Morgan fingerprint density at radius 3 is 2.86 bits per heavy atom. The molecule has 0 radical (unpaired) electrons. The van der Waals surface area contributed by atoms with E-state index in [2.05, 4.69) is 15.3 Å². The van der Waals surface area contributed by atoms with Crippen LogP contribution in [-0.2, 0) is 16.1 Å². The third kappa shape index (κ3) is 4.24. The molecule has 1 aliphatic rings. The molecule has 1 aromatic heterocycles. The number of nitrogens with one attached hydrogen (secondary N) is 1. The standard InChI is InChI=1S/C15H22N4O2/c1-10(2)8-13-15(21)19(7-5-14(20)18-13)9-12-4-6-16-11(3)17-12/h4,6,10,13H,5,7-9H2,1-3H3,(H,18,20). The van der Waals surface area contributed by atoms with Gasteiger partial charge in [-0.1, -0.05) is 13.8 Å². The summed E-state index contributed by atoms with van der Waals surface area (Å²) >= 11 is 0. The van der Waals surface area contributed by atoms with E-state index < -0.39 is 6.04 Å². The second-order valence-corrected chi connectivity index (χ2v) is 5.85. The number of nitrogens with zero attached hydrogens (tertiary/aromatic N) is 3. The Kier molecular flexibility index (Phi) is 4.88. The lowest BCUT2D eigenvalue weighted by molar-refractivity contribution is -0.134. The molecule has 6 nitrogen and oxygen atoms in total. The lowest BCUT2D eigenvalue weighted by atomic mass is 10.0. The van der Waals surface area contributed by atoms with Gasteiger partial charge in [0.05, 0.1) is 12.2 Å². The average molecular weight is 290 g/mol. The van der Waals surface area contributed by atoms with E-state index in [4.69, 9.17) is 0 Å². The first kappa shape index (κ1) is 15.4. The minimum Gasteiger partial charge on any atom is -0.344 e. The Labute approximate surface area is 125 Å². The SMILES string of the molecule is Cc1nccc(CN2CCC(=O)NC(CC(C)C)C2=O)n1. The molecule has 1 saturated heterocycles. The molecule has 1 unspecified atom stereocenters. The molecule has 114 valence electrons. The zero-order valence-corrected chi connectivity index (χ0v) is 12.8. The van der Waals surface area contributed by atoms with Crippen LogP contribution in [0.4, 0.5) is 0 Å². The van der Waals surface area contributed by atoms with Crippen LogP contribution in [-0.4, -0.2) is 39.3 Å². The number of aromatic nitrogens is 2. The van der Waals surface area contributed by atoms with Gasteiger partial charge in [0.2, 0.25) is 11.8 Å². The molecule has 21 heavy (non-hydrogen) atoms. The fraction of sp³-hybridized carbons (Fsp3) is 0.600. The fourth-order valence-electron chi connectivity index (χ4n) is 2.47. The van der Waals surface area contributed by atoms with Crippen LogP contribution in [0.2, 0.25) is 0 Å². The van der Waals surface area contributed by atoms with Gasteiger partial charge in [0.1, 0.15) is 11.9 Å². The number of rotatable bonds is 4. The molecule has 2 rings (SSSR count). The van der Waals surface area contributed by atoms with Gasteiger partial charge in [0.15, 0.2) is 0 Å². The van der Waals surface area contributed by atoms with E-state index in [9.17, 15) is 9.59 Å². The van der Waals surface area contributed by atoms with E-state index in [1.165, 1.54) is 0 Å². The number of aryl methyl sites for hydroxylation is 1. The molecule has 1 N–H and O–H groups in total. The Morgan fingerprint density at radius 1 is 1.43 bits per heavy atom. The second kappa shape index (κ2) is 6.65. The summed E-state index contributed by atoms with van der Waals surface area (Å²) < 4.78 is 0. The predicted octanol–water partition coefficient (Wildman–Crippen LogP) is 1.05. The highest BCUT2D eigenvalue weighted by atomic mass is 16.2. The monoisotopic (exact) mass is 290 g/mol. The van der Waals surface area contributed by atoms with Crippen LogP contribution in [0.25, 0.3) is 0 Å². The van der Waals surface area contributed by atoms with Gasteiger partial charge in [-0.15, -0.1) is 0 Å². The van der Waals surface area contributed by atoms with Crippen LogP contribution in [0.1, 0.15) is 38.2 Å². The highest BCUT2D eigenvalue weighted by Crippen LogP contribution is 2.14. The van der Waals surface area contributed by atoms with Gasteiger partial charge in [-0.2, -0.15) is 0 Å². The van der Waals surface area contributed by atoms with Gasteiger partial charge in [-0.3, -0.25) is 9.59 Å². The maximum atomic E-state index is 12.6. The number of amides is 2. The first-order valence-electron chi connectivity index (χ1n) is 7.32. The molecule has 6 heteroatoms. The number of hydrogen-bond acceptors (Lipinski definition) is 4. The summed E-state index contributed by atoms with van der Waals surface area (Å²) in [7, 11) is 0. The van der Waals surface area contributed by atoms with Crippen molar-refractivity contribution in [2.75, 3.05) is 6.54 Å². The third-order valence-electron chi connectivity index (χ3n) is 3.45. The van der Waals surface area contributed by atoms with Crippen molar-refractivity contribution in [2.24, 2.45) is 5.92 Å². The maximum absolute atomic E-state index is 12.6. The molecule has 0 aromatic carbocycles. The quantitative estimate of drug-likeness (QED) is 0.899. The van der Waals surface area contributed by atoms with Crippen molar-refractivity contribution in [3.63, 3.8) is 0 Å². The fourth-order valence-corrected chi connectivity index (χ4v) is 2.47. The van der Waals surface area contributed by atoms with Gasteiger partial charge < -0.3 is 10.2 Å². The Bertz CT molecular complexity index is 530. The molecule has 2 heterocycles. The molecule has 1 aromatic rings. The Balaban J connectivity index is 2.13. The number of carbonyl (C=O) groups is 2. The molecular formula is C15H22N4O2. The first-order valence-corrected chi connectivity index (χ1v) is 7.32. The molecule has 1 atom stereocenters. The molecule has 0 bridgehead atoms. The lowest BCUT2D eigenvalue weighted by Crippen LogP contribution is -2.45.